The average Bonchev–Trinajstić information content (AvgIpc) is 3.22. The Morgan fingerprint density at radius 3 is 2.83 bits per heavy atom. The van der Waals surface area contributed by atoms with Gasteiger partial charge in [-0.15, -0.1) is 12.4 Å². The number of ether oxygens (including phenoxy) is 2. The minimum atomic E-state index is -0.205. The van der Waals surface area contributed by atoms with Crippen LogP contribution in [0.15, 0.2) is 66.9 Å². The van der Waals surface area contributed by atoms with E-state index in [0.717, 1.165) is 29.7 Å². The first-order valence-corrected chi connectivity index (χ1v) is 12.1. The van der Waals surface area contributed by atoms with Gasteiger partial charge in [0.15, 0.2) is 0 Å². The quantitative estimate of drug-likeness (QED) is 0.282. The predicted molar refractivity (Wildman–Crippen MR) is 139 cm³/mol. The molecule has 0 fully saturated rings. The SMILES string of the molecule is Cc1nc(Oc2ccc3c(c2)CCC(c2ccccc2)O3)sc1C(=O)NCc1ccnc(Cl)c1.Cl. The number of thiazole rings is 1. The molecule has 3 heterocycles. The van der Waals surface area contributed by atoms with Gasteiger partial charge in [0, 0.05) is 12.7 Å². The molecule has 2 aromatic heterocycles. The molecule has 9 heteroatoms. The van der Waals surface area contributed by atoms with E-state index in [1.807, 2.05) is 42.5 Å². The number of carbonyl (C=O) groups excluding carboxylic acids is 1. The van der Waals surface area contributed by atoms with E-state index in [2.05, 4.69) is 27.4 Å². The van der Waals surface area contributed by atoms with Crippen LogP contribution in [0.2, 0.25) is 5.15 Å². The number of rotatable bonds is 6. The Labute approximate surface area is 218 Å². The highest BCUT2D eigenvalue weighted by Crippen LogP contribution is 2.38. The number of nitrogens with one attached hydrogen (secondary N) is 1. The molecule has 6 nitrogen and oxygen atoms in total. The molecule has 0 spiro atoms. The summed E-state index contributed by atoms with van der Waals surface area (Å²) in [7, 11) is 0. The number of nitrogens with zero attached hydrogens (tertiary/aromatic N) is 2. The van der Waals surface area contributed by atoms with Gasteiger partial charge in [-0.05, 0) is 66.8 Å². The lowest BCUT2D eigenvalue weighted by atomic mass is 9.97. The number of amides is 1. The zero-order valence-electron chi connectivity index (χ0n) is 18.9. The van der Waals surface area contributed by atoms with Gasteiger partial charge in [-0.3, -0.25) is 4.79 Å². The smallest absolute Gasteiger partial charge is 0.279 e. The van der Waals surface area contributed by atoms with E-state index >= 15 is 0 Å². The van der Waals surface area contributed by atoms with Crippen molar-refractivity contribution in [3.8, 4) is 16.7 Å². The molecule has 1 unspecified atom stereocenters. The highest BCUT2D eigenvalue weighted by atomic mass is 35.5. The second-order valence-electron chi connectivity index (χ2n) is 7.99. The first-order chi connectivity index (χ1) is 16.5. The van der Waals surface area contributed by atoms with Crippen LogP contribution < -0.4 is 14.8 Å². The number of aromatic nitrogens is 2. The van der Waals surface area contributed by atoms with E-state index in [4.69, 9.17) is 21.1 Å². The van der Waals surface area contributed by atoms with Gasteiger partial charge >= 0.3 is 0 Å². The Morgan fingerprint density at radius 1 is 1.20 bits per heavy atom. The topological polar surface area (TPSA) is 73.3 Å². The fraction of sp³-hybridized carbons (Fsp3) is 0.192. The number of aryl methyl sites for hydroxylation is 2. The van der Waals surface area contributed by atoms with E-state index in [9.17, 15) is 4.79 Å². The summed E-state index contributed by atoms with van der Waals surface area (Å²) in [6, 6.07) is 19.6. The van der Waals surface area contributed by atoms with Crippen LogP contribution >= 0.6 is 35.3 Å². The van der Waals surface area contributed by atoms with Crippen LogP contribution in [-0.4, -0.2) is 15.9 Å². The minimum Gasteiger partial charge on any atom is -0.485 e. The normalized spacial score (nSPS) is 14.3. The summed E-state index contributed by atoms with van der Waals surface area (Å²) in [4.78, 5) is 21.6. The van der Waals surface area contributed by atoms with Crippen LogP contribution in [0.4, 0.5) is 0 Å². The van der Waals surface area contributed by atoms with Crippen molar-refractivity contribution in [1.29, 1.82) is 0 Å². The molecule has 1 N–H and O–H groups in total. The van der Waals surface area contributed by atoms with Crippen LogP contribution in [0, 0.1) is 6.92 Å². The number of hydrogen-bond donors (Lipinski definition) is 1. The van der Waals surface area contributed by atoms with Crippen LogP contribution in [-0.2, 0) is 13.0 Å². The van der Waals surface area contributed by atoms with Gasteiger partial charge in [0.05, 0.1) is 5.69 Å². The van der Waals surface area contributed by atoms with Gasteiger partial charge < -0.3 is 14.8 Å². The summed E-state index contributed by atoms with van der Waals surface area (Å²) in [5.41, 5.74) is 3.78. The number of fused-ring (bicyclic) bond motifs is 1. The second-order valence-corrected chi connectivity index (χ2v) is 9.34. The molecule has 0 aliphatic carbocycles. The van der Waals surface area contributed by atoms with E-state index in [0.29, 0.717) is 33.2 Å². The van der Waals surface area contributed by atoms with Crippen molar-refractivity contribution < 1.29 is 14.3 Å². The maximum Gasteiger partial charge on any atom is 0.279 e. The molecule has 2 aromatic carbocycles. The van der Waals surface area contributed by atoms with E-state index < -0.39 is 0 Å². The number of benzene rings is 2. The highest BCUT2D eigenvalue weighted by Gasteiger charge is 2.22. The average molecular weight is 528 g/mol. The summed E-state index contributed by atoms with van der Waals surface area (Å²) in [6.07, 6.45) is 3.48. The standard InChI is InChI=1S/C26H22ClN3O3S.ClH/c1-16-24(25(31)29-15-17-11-12-28-23(27)13-17)34-26(30-16)32-20-8-10-22-19(14-20)7-9-21(33-22)18-5-3-2-4-6-18;/h2-6,8,10-14,21H,7,9,15H2,1H3,(H,29,31);1H. The third-order valence-corrected chi connectivity index (χ3v) is 6.82. The van der Waals surface area contributed by atoms with Crippen LogP contribution in [0.25, 0.3) is 0 Å². The number of halogens is 2. The van der Waals surface area contributed by atoms with Crippen LogP contribution in [0.3, 0.4) is 0 Å². The van der Waals surface area contributed by atoms with E-state index in [1.54, 1.807) is 19.2 Å². The summed E-state index contributed by atoms with van der Waals surface area (Å²) in [5, 5.41) is 3.71. The van der Waals surface area contributed by atoms with Crippen molar-refractivity contribution >= 4 is 41.3 Å². The van der Waals surface area contributed by atoms with Gasteiger partial charge in [0.1, 0.15) is 27.6 Å². The van der Waals surface area contributed by atoms with Crippen molar-refractivity contribution in [3.63, 3.8) is 0 Å². The molecule has 0 bridgehead atoms. The van der Waals surface area contributed by atoms with Gasteiger partial charge in [-0.2, -0.15) is 0 Å². The minimum absolute atomic E-state index is 0. The molecule has 0 saturated carbocycles. The summed E-state index contributed by atoms with van der Waals surface area (Å²) in [6.45, 7) is 2.15. The van der Waals surface area contributed by atoms with Crippen LogP contribution in [0.5, 0.6) is 16.7 Å². The molecule has 5 rings (SSSR count). The Bertz CT molecular complexity index is 1330. The molecule has 1 aliphatic rings. The fourth-order valence-electron chi connectivity index (χ4n) is 3.87. The molecular formula is C26H23Cl2N3O3S. The van der Waals surface area contributed by atoms with Gasteiger partial charge in [0.2, 0.25) is 0 Å². The Hall–Kier alpha value is -3.13. The van der Waals surface area contributed by atoms with Gasteiger partial charge in [-0.25, -0.2) is 9.97 Å². The maximum absolute atomic E-state index is 12.7. The first-order valence-electron chi connectivity index (χ1n) is 10.9. The highest BCUT2D eigenvalue weighted by molar-refractivity contribution is 7.15. The van der Waals surface area contributed by atoms with E-state index in [-0.39, 0.29) is 24.4 Å². The third-order valence-electron chi connectivity index (χ3n) is 5.58. The fourth-order valence-corrected chi connectivity index (χ4v) is 4.92. The lowest BCUT2D eigenvalue weighted by Crippen LogP contribution is -2.22. The van der Waals surface area contributed by atoms with Crippen molar-refractivity contribution in [2.45, 2.75) is 32.4 Å². The lowest BCUT2D eigenvalue weighted by Gasteiger charge is -2.26. The number of pyridine rings is 1. The number of carbonyl (C=O) groups is 1. The molecule has 4 aromatic rings. The molecule has 1 aliphatic heterocycles. The van der Waals surface area contributed by atoms with Crippen LogP contribution in [0.1, 0.15) is 44.6 Å². The molecule has 0 saturated heterocycles. The van der Waals surface area contributed by atoms with Crippen molar-refractivity contribution in [1.82, 2.24) is 15.3 Å². The summed E-state index contributed by atoms with van der Waals surface area (Å²) < 4.78 is 12.2. The predicted octanol–water partition coefficient (Wildman–Crippen LogP) is 6.71. The summed E-state index contributed by atoms with van der Waals surface area (Å²) in [5.74, 6) is 1.34. The molecule has 0 radical (unpaired) electrons. The lowest BCUT2D eigenvalue weighted by molar-refractivity contribution is 0.0954. The Kier molecular flexibility index (Phi) is 7.90. The largest absolute Gasteiger partial charge is 0.485 e. The molecular weight excluding hydrogens is 505 g/mol. The Balaban J connectivity index is 0.00000289. The summed E-state index contributed by atoms with van der Waals surface area (Å²) >= 11 is 7.13. The molecule has 1 amide bonds. The number of hydrogen-bond acceptors (Lipinski definition) is 6. The Morgan fingerprint density at radius 2 is 2.03 bits per heavy atom. The molecule has 180 valence electrons. The van der Waals surface area contributed by atoms with Crippen molar-refractivity contribution in [2.24, 2.45) is 0 Å². The third kappa shape index (κ3) is 5.93. The van der Waals surface area contributed by atoms with Crippen molar-refractivity contribution in [3.05, 3.63) is 99.3 Å². The monoisotopic (exact) mass is 527 g/mol. The van der Waals surface area contributed by atoms with Gasteiger partial charge in [0.25, 0.3) is 11.1 Å². The molecule has 35 heavy (non-hydrogen) atoms. The maximum atomic E-state index is 12.7. The first kappa shape index (κ1) is 25.0. The zero-order valence-corrected chi connectivity index (χ0v) is 21.3. The molecule has 1 atom stereocenters. The zero-order chi connectivity index (χ0) is 23.5. The van der Waals surface area contributed by atoms with Gasteiger partial charge in [-0.1, -0.05) is 53.3 Å². The van der Waals surface area contributed by atoms with E-state index in [1.165, 1.54) is 16.9 Å². The second kappa shape index (κ2) is 11.1. The van der Waals surface area contributed by atoms with Crippen molar-refractivity contribution in [2.75, 3.05) is 0 Å².